The fourth-order valence-electron chi connectivity index (χ4n) is 2.08. The highest BCUT2D eigenvalue weighted by molar-refractivity contribution is 7.88. The van der Waals surface area contributed by atoms with Gasteiger partial charge in [0, 0.05) is 6.54 Å². The van der Waals surface area contributed by atoms with Crippen LogP contribution < -0.4 is 10.5 Å². The van der Waals surface area contributed by atoms with Crippen molar-refractivity contribution in [2.75, 3.05) is 13.1 Å². The van der Waals surface area contributed by atoms with Gasteiger partial charge in [-0.1, -0.05) is 43.7 Å². The highest BCUT2D eigenvalue weighted by atomic mass is 32.2. The average Bonchev–Trinajstić information content (AvgIpc) is 2.37. The minimum Gasteiger partial charge on any atom is -0.330 e. The van der Waals surface area contributed by atoms with E-state index >= 15 is 0 Å². The molecule has 1 aromatic rings. The molecule has 0 saturated carbocycles. The number of sulfonamides is 1. The van der Waals surface area contributed by atoms with E-state index in [0.717, 1.165) is 24.8 Å². The Hall–Kier alpha value is -0.910. The van der Waals surface area contributed by atoms with Crippen molar-refractivity contribution in [2.24, 2.45) is 11.7 Å². The molecule has 1 atom stereocenters. The highest BCUT2D eigenvalue weighted by Crippen LogP contribution is 2.10. The average molecular weight is 284 g/mol. The third kappa shape index (κ3) is 6.71. The molecular weight excluding hydrogens is 260 g/mol. The minimum atomic E-state index is -3.26. The van der Waals surface area contributed by atoms with E-state index in [-0.39, 0.29) is 5.75 Å². The molecule has 0 aromatic heterocycles. The van der Waals surface area contributed by atoms with Gasteiger partial charge in [-0.3, -0.25) is 0 Å². The van der Waals surface area contributed by atoms with E-state index in [4.69, 9.17) is 5.73 Å². The number of benzene rings is 1. The van der Waals surface area contributed by atoms with E-state index in [0.29, 0.717) is 19.0 Å². The van der Waals surface area contributed by atoms with Crippen LogP contribution in [0.25, 0.3) is 0 Å². The lowest BCUT2D eigenvalue weighted by atomic mass is 10.0. The molecule has 0 aliphatic heterocycles. The van der Waals surface area contributed by atoms with Crippen LogP contribution in [0.15, 0.2) is 30.3 Å². The van der Waals surface area contributed by atoms with Crippen molar-refractivity contribution in [2.45, 2.75) is 31.9 Å². The molecule has 5 heteroatoms. The predicted octanol–water partition coefficient (Wildman–Crippen LogP) is 1.87. The molecule has 1 unspecified atom stereocenters. The molecule has 0 spiro atoms. The monoisotopic (exact) mass is 284 g/mol. The first-order chi connectivity index (χ1) is 9.07. The highest BCUT2D eigenvalue weighted by Gasteiger charge is 2.14. The molecule has 1 aromatic carbocycles. The zero-order valence-corrected chi connectivity index (χ0v) is 12.3. The van der Waals surface area contributed by atoms with Crippen molar-refractivity contribution in [3.63, 3.8) is 0 Å². The van der Waals surface area contributed by atoms with Crippen LogP contribution in [0, 0.1) is 5.92 Å². The predicted molar refractivity (Wildman–Crippen MR) is 79.1 cm³/mol. The number of hydrogen-bond acceptors (Lipinski definition) is 3. The second-order valence-electron chi connectivity index (χ2n) is 4.83. The molecule has 0 aliphatic rings. The standard InChI is InChI=1S/C14H24N2O2S/c1-2-6-13(9-10-15)11-16-19(17,18)12-14-7-4-3-5-8-14/h3-5,7-8,13,16H,2,6,9-12,15H2,1H3. The summed E-state index contributed by atoms with van der Waals surface area (Å²) in [6, 6.07) is 9.21. The fourth-order valence-corrected chi connectivity index (χ4v) is 3.30. The van der Waals surface area contributed by atoms with Crippen LogP contribution in [0.3, 0.4) is 0 Å². The first-order valence-corrected chi connectivity index (χ1v) is 8.44. The van der Waals surface area contributed by atoms with Gasteiger partial charge in [0.1, 0.15) is 0 Å². The summed E-state index contributed by atoms with van der Waals surface area (Å²) in [7, 11) is -3.26. The van der Waals surface area contributed by atoms with Crippen LogP contribution in [0.2, 0.25) is 0 Å². The van der Waals surface area contributed by atoms with Crippen LogP contribution in [-0.2, 0) is 15.8 Å². The number of nitrogens with two attached hydrogens (primary N) is 1. The van der Waals surface area contributed by atoms with Crippen molar-refractivity contribution in [1.82, 2.24) is 4.72 Å². The van der Waals surface area contributed by atoms with Crippen LogP contribution in [0.1, 0.15) is 31.7 Å². The summed E-state index contributed by atoms with van der Waals surface area (Å²) < 4.78 is 26.6. The Morgan fingerprint density at radius 3 is 2.47 bits per heavy atom. The summed E-state index contributed by atoms with van der Waals surface area (Å²) in [4.78, 5) is 0. The summed E-state index contributed by atoms with van der Waals surface area (Å²) in [5.41, 5.74) is 6.35. The minimum absolute atomic E-state index is 0.0370. The van der Waals surface area contributed by atoms with Crippen LogP contribution in [0.4, 0.5) is 0 Å². The third-order valence-corrected chi connectivity index (χ3v) is 4.38. The topological polar surface area (TPSA) is 72.2 Å². The van der Waals surface area contributed by atoms with E-state index in [1.165, 1.54) is 0 Å². The molecular formula is C14H24N2O2S. The van der Waals surface area contributed by atoms with Gasteiger partial charge in [0.25, 0.3) is 0 Å². The van der Waals surface area contributed by atoms with Crippen LogP contribution in [-0.4, -0.2) is 21.5 Å². The second-order valence-corrected chi connectivity index (χ2v) is 6.63. The molecule has 0 saturated heterocycles. The zero-order chi connectivity index (χ0) is 14.1. The lowest BCUT2D eigenvalue weighted by Gasteiger charge is -2.16. The summed E-state index contributed by atoms with van der Waals surface area (Å²) in [5, 5.41) is 0. The molecule has 0 amide bonds. The maximum absolute atomic E-state index is 12.0. The molecule has 0 fully saturated rings. The Morgan fingerprint density at radius 1 is 1.21 bits per heavy atom. The Balaban J connectivity index is 2.50. The maximum Gasteiger partial charge on any atom is 0.215 e. The molecule has 0 aliphatic carbocycles. The van der Waals surface area contributed by atoms with Crippen molar-refractivity contribution in [3.05, 3.63) is 35.9 Å². The molecule has 19 heavy (non-hydrogen) atoms. The lowest BCUT2D eigenvalue weighted by molar-refractivity contribution is 0.443. The summed E-state index contributed by atoms with van der Waals surface area (Å²) in [6.07, 6.45) is 2.91. The van der Waals surface area contributed by atoms with E-state index in [2.05, 4.69) is 11.6 Å². The molecule has 108 valence electrons. The first-order valence-electron chi connectivity index (χ1n) is 6.78. The molecule has 0 heterocycles. The summed E-state index contributed by atoms with van der Waals surface area (Å²) in [6.45, 7) is 3.19. The number of nitrogens with one attached hydrogen (secondary N) is 1. The summed E-state index contributed by atoms with van der Waals surface area (Å²) >= 11 is 0. The van der Waals surface area contributed by atoms with Crippen molar-refractivity contribution < 1.29 is 8.42 Å². The van der Waals surface area contributed by atoms with Crippen LogP contribution in [0.5, 0.6) is 0 Å². The van der Waals surface area contributed by atoms with Gasteiger partial charge in [0.15, 0.2) is 0 Å². The van der Waals surface area contributed by atoms with Gasteiger partial charge in [-0.2, -0.15) is 0 Å². The quantitative estimate of drug-likeness (QED) is 0.727. The van der Waals surface area contributed by atoms with Crippen molar-refractivity contribution in [3.8, 4) is 0 Å². The Morgan fingerprint density at radius 2 is 1.89 bits per heavy atom. The fraction of sp³-hybridized carbons (Fsp3) is 0.571. The van der Waals surface area contributed by atoms with E-state index < -0.39 is 10.0 Å². The van der Waals surface area contributed by atoms with E-state index in [1.807, 2.05) is 30.3 Å². The third-order valence-electron chi connectivity index (χ3n) is 3.06. The Kier molecular flexibility index (Phi) is 7.05. The van der Waals surface area contributed by atoms with Gasteiger partial charge in [-0.15, -0.1) is 0 Å². The summed E-state index contributed by atoms with van der Waals surface area (Å²) in [5.74, 6) is 0.371. The van der Waals surface area contributed by atoms with E-state index in [1.54, 1.807) is 0 Å². The van der Waals surface area contributed by atoms with E-state index in [9.17, 15) is 8.42 Å². The number of rotatable bonds is 9. The number of hydrogen-bond donors (Lipinski definition) is 2. The Labute approximate surface area is 116 Å². The molecule has 1 rings (SSSR count). The van der Waals surface area contributed by atoms with Gasteiger partial charge >= 0.3 is 0 Å². The smallest absolute Gasteiger partial charge is 0.215 e. The lowest BCUT2D eigenvalue weighted by Crippen LogP contribution is -2.31. The molecule has 4 nitrogen and oxygen atoms in total. The van der Waals surface area contributed by atoms with Crippen LogP contribution >= 0.6 is 0 Å². The largest absolute Gasteiger partial charge is 0.330 e. The SMILES string of the molecule is CCCC(CCN)CNS(=O)(=O)Cc1ccccc1. The van der Waals surface area contributed by atoms with Gasteiger partial charge in [0.05, 0.1) is 5.75 Å². The second kappa shape index (κ2) is 8.30. The van der Waals surface area contributed by atoms with Crippen molar-refractivity contribution in [1.29, 1.82) is 0 Å². The van der Waals surface area contributed by atoms with Gasteiger partial charge in [-0.05, 0) is 30.9 Å². The van der Waals surface area contributed by atoms with Gasteiger partial charge in [-0.25, -0.2) is 13.1 Å². The molecule has 3 N–H and O–H groups in total. The molecule has 0 bridgehead atoms. The normalized spacial score (nSPS) is 13.4. The first kappa shape index (κ1) is 16.1. The van der Waals surface area contributed by atoms with Gasteiger partial charge < -0.3 is 5.73 Å². The maximum atomic E-state index is 12.0. The zero-order valence-electron chi connectivity index (χ0n) is 11.5. The van der Waals surface area contributed by atoms with Gasteiger partial charge in [0.2, 0.25) is 10.0 Å². The van der Waals surface area contributed by atoms with Crippen molar-refractivity contribution >= 4 is 10.0 Å². The molecule has 0 radical (unpaired) electrons. The Bertz CT molecular complexity index is 440.